The van der Waals surface area contributed by atoms with Crippen molar-refractivity contribution in [2.45, 2.75) is 43.9 Å². The molecule has 4 heteroatoms. The summed E-state index contributed by atoms with van der Waals surface area (Å²) in [5.74, 6) is 0. The number of rotatable bonds is 5. The third-order valence-electron chi connectivity index (χ3n) is 3.34. The van der Waals surface area contributed by atoms with Crippen LogP contribution in [0.2, 0.25) is 0 Å². The molecule has 3 nitrogen and oxygen atoms in total. The van der Waals surface area contributed by atoms with Crippen molar-refractivity contribution in [2.24, 2.45) is 0 Å². The van der Waals surface area contributed by atoms with Crippen LogP contribution in [0.15, 0.2) is 40.8 Å². The molecule has 2 rings (SSSR count). The van der Waals surface area contributed by atoms with E-state index < -0.39 is 10.1 Å². The largest absolute Gasteiger partial charge is 0.296 e. The van der Waals surface area contributed by atoms with Crippen LogP contribution in [0, 0.1) is 6.92 Å². The summed E-state index contributed by atoms with van der Waals surface area (Å²) in [6.45, 7) is 2.14. The number of allylic oxidation sites excluding steroid dienone is 1. The molecule has 0 aromatic heterocycles. The Morgan fingerprint density at radius 1 is 1.16 bits per heavy atom. The molecule has 0 heterocycles. The zero-order valence-electron chi connectivity index (χ0n) is 11.3. The molecule has 0 atom stereocenters. The molecule has 1 fully saturated rings. The van der Waals surface area contributed by atoms with E-state index in [1.165, 1.54) is 18.4 Å². The second-order valence-corrected chi connectivity index (χ2v) is 6.56. The van der Waals surface area contributed by atoms with E-state index in [0.717, 1.165) is 18.4 Å². The smallest absolute Gasteiger partial charge is 0.266 e. The van der Waals surface area contributed by atoms with Gasteiger partial charge in [-0.05, 0) is 51.2 Å². The predicted molar refractivity (Wildman–Crippen MR) is 75.5 cm³/mol. The van der Waals surface area contributed by atoms with Crippen LogP contribution in [0.25, 0.3) is 0 Å². The van der Waals surface area contributed by atoms with Crippen molar-refractivity contribution in [2.75, 3.05) is 6.61 Å². The monoisotopic (exact) mass is 280 g/mol. The summed E-state index contributed by atoms with van der Waals surface area (Å²) in [6, 6.07) is 6.72. The van der Waals surface area contributed by atoms with E-state index in [1.54, 1.807) is 24.3 Å². The van der Waals surface area contributed by atoms with Crippen LogP contribution in [0.1, 0.15) is 37.7 Å². The van der Waals surface area contributed by atoms with E-state index >= 15 is 0 Å². The summed E-state index contributed by atoms with van der Waals surface area (Å²) in [4.78, 5) is 0.228. The molecule has 0 saturated heterocycles. The van der Waals surface area contributed by atoms with Gasteiger partial charge < -0.3 is 0 Å². The highest BCUT2D eigenvalue weighted by Crippen LogP contribution is 2.24. The summed E-state index contributed by atoms with van der Waals surface area (Å²) in [5, 5.41) is 0. The Labute approximate surface area is 115 Å². The minimum atomic E-state index is -3.60. The first-order valence-corrected chi connectivity index (χ1v) is 8.13. The quantitative estimate of drug-likeness (QED) is 0.470. The van der Waals surface area contributed by atoms with E-state index in [1.807, 2.05) is 6.92 Å². The number of benzene rings is 1. The summed E-state index contributed by atoms with van der Waals surface area (Å²) >= 11 is 0. The number of hydrogen-bond donors (Lipinski definition) is 0. The topological polar surface area (TPSA) is 43.4 Å². The van der Waals surface area contributed by atoms with E-state index in [4.69, 9.17) is 4.18 Å². The third-order valence-corrected chi connectivity index (χ3v) is 4.67. The van der Waals surface area contributed by atoms with Gasteiger partial charge in [-0.25, -0.2) is 0 Å². The molecule has 104 valence electrons. The summed E-state index contributed by atoms with van der Waals surface area (Å²) in [5.41, 5.74) is 2.47. The Morgan fingerprint density at radius 2 is 1.79 bits per heavy atom. The molecule has 1 aliphatic rings. The summed E-state index contributed by atoms with van der Waals surface area (Å²) in [7, 11) is -3.60. The van der Waals surface area contributed by atoms with Gasteiger partial charge in [-0.3, -0.25) is 4.18 Å². The zero-order valence-corrected chi connectivity index (χ0v) is 12.1. The summed E-state index contributed by atoms with van der Waals surface area (Å²) < 4.78 is 28.8. The number of hydrogen-bond acceptors (Lipinski definition) is 3. The van der Waals surface area contributed by atoms with Crippen molar-refractivity contribution in [1.82, 2.24) is 0 Å². The molecule has 0 aliphatic heterocycles. The Bertz CT molecular complexity index is 533. The van der Waals surface area contributed by atoms with Crippen LogP contribution in [0.3, 0.4) is 0 Å². The first-order valence-electron chi connectivity index (χ1n) is 6.72. The zero-order chi connectivity index (χ0) is 13.7. The molecule has 1 saturated carbocycles. The Morgan fingerprint density at radius 3 is 2.42 bits per heavy atom. The molecule has 1 aliphatic carbocycles. The van der Waals surface area contributed by atoms with Crippen LogP contribution in [0.4, 0.5) is 0 Å². The van der Waals surface area contributed by atoms with Gasteiger partial charge in [-0.2, -0.15) is 8.42 Å². The Kier molecular flexibility index (Phi) is 4.77. The Balaban J connectivity index is 1.87. The maximum atomic E-state index is 11.9. The molecular weight excluding hydrogens is 260 g/mol. The molecule has 1 aromatic rings. The lowest BCUT2D eigenvalue weighted by Gasteiger charge is -2.05. The predicted octanol–water partition coefficient (Wildman–Crippen LogP) is 3.59. The minimum Gasteiger partial charge on any atom is -0.266 e. The number of aryl methyl sites for hydroxylation is 1. The van der Waals surface area contributed by atoms with Crippen LogP contribution in [0.5, 0.6) is 0 Å². The normalized spacial score (nSPS) is 15.7. The van der Waals surface area contributed by atoms with Gasteiger partial charge in [-0.1, -0.05) is 29.3 Å². The van der Waals surface area contributed by atoms with Gasteiger partial charge in [-0.15, -0.1) is 0 Å². The second kappa shape index (κ2) is 6.35. The second-order valence-electron chi connectivity index (χ2n) is 4.95. The van der Waals surface area contributed by atoms with Gasteiger partial charge >= 0.3 is 0 Å². The van der Waals surface area contributed by atoms with Crippen molar-refractivity contribution in [3.8, 4) is 0 Å². The minimum absolute atomic E-state index is 0.222. The molecule has 0 spiro atoms. The maximum absolute atomic E-state index is 11.9. The Hall–Kier alpha value is -1.13. The molecule has 1 aromatic carbocycles. The van der Waals surface area contributed by atoms with Crippen molar-refractivity contribution >= 4 is 10.1 Å². The van der Waals surface area contributed by atoms with E-state index in [0.29, 0.717) is 6.42 Å². The third kappa shape index (κ3) is 4.18. The van der Waals surface area contributed by atoms with Crippen LogP contribution < -0.4 is 0 Å². The highest BCUT2D eigenvalue weighted by molar-refractivity contribution is 7.86. The first kappa shape index (κ1) is 14.3. The van der Waals surface area contributed by atoms with E-state index in [2.05, 4.69) is 6.08 Å². The molecule has 0 radical (unpaired) electrons. The fourth-order valence-electron chi connectivity index (χ4n) is 2.23. The fourth-order valence-corrected chi connectivity index (χ4v) is 3.15. The molecular formula is C15H20O3S. The van der Waals surface area contributed by atoms with Crippen LogP contribution >= 0.6 is 0 Å². The van der Waals surface area contributed by atoms with Gasteiger partial charge in [0.15, 0.2) is 0 Å². The van der Waals surface area contributed by atoms with Crippen molar-refractivity contribution in [3.63, 3.8) is 0 Å². The summed E-state index contributed by atoms with van der Waals surface area (Å²) in [6.07, 6.45) is 7.62. The lowest BCUT2D eigenvalue weighted by molar-refractivity contribution is 0.324. The van der Waals surface area contributed by atoms with Gasteiger partial charge in [0, 0.05) is 0 Å². The average Bonchev–Trinajstić information content (AvgIpc) is 2.88. The molecule has 0 amide bonds. The molecule has 0 unspecified atom stereocenters. The van der Waals surface area contributed by atoms with Crippen molar-refractivity contribution in [3.05, 3.63) is 41.5 Å². The lowest BCUT2D eigenvalue weighted by atomic mass is 10.2. The van der Waals surface area contributed by atoms with Crippen molar-refractivity contribution in [1.29, 1.82) is 0 Å². The van der Waals surface area contributed by atoms with E-state index in [9.17, 15) is 8.42 Å². The van der Waals surface area contributed by atoms with Gasteiger partial charge in [0.05, 0.1) is 11.5 Å². The SMILES string of the molecule is Cc1ccc(S(=O)(=O)OCCC=C2CCCC2)cc1. The average molecular weight is 280 g/mol. The molecule has 0 bridgehead atoms. The van der Waals surface area contributed by atoms with Crippen molar-refractivity contribution < 1.29 is 12.6 Å². The molecule has 0 N–H and O–H groups in total. The maximum Gasteiger partial charge on any atom is 0.296 e. The first-order chi connectivity index (χ1) is 9.08. The van der Waals surface area contributed by atoms with Crippen LogP contribution in [-0.4, -0.2) is 15.0 Å². The van der Waals surface area contributed by atoms with Gasteiger partial charge in [0.2, 0.25) is 0 Å². The highest BCUT2D eigenvalue weighted by Gasteiger charge is 2.14. The van der Waals surface area contributed by atoms with E-state index in [-0.39, 0.29) is 11.5 Å². The lowest BCUT2D eigenvalue weighted by Crippen LogP contribution is -2.07. The standard InChI is InChI=1S/C15H20O3S/c1-13-8-10-15(11-9-13)19(16,17)18-12-4-7-14-5-2-3-6-14/h7-11H,2-6,12H2,1H3. The van der Waals surface area contributed by atoms with Gasteiger partial charge in [0.25, 0.3) is 10.1 Å². The highest BCUT2D eigenvalue weighted by atomic mass is 32.2. The van der Waals surface area contributed by atoms with Gasteiger partial charge in [0.1, 0.15) is 0 Å². The fraction of sp³-hybridized carbons (Fsp3) is 0.467. The molecule has 19 heavy (non-hydrogen) atoms. The van der Waals surface area contributed by atoms with Crippen LogP contribution in [-0.2, 0) is 14.3 Å².